The number of benzene rings is 2. The number of fused-ring (bicyclic) bond motifs is 1. The summed E-state index contributed by atoms with van der Waals surface area (Å²) in [6, 6.07) is 14.4. The van der Waals surface area contributed by atoms with Gasteiger partial charge in [0.25, 0.3) is 0 Å². The van der Waals surface area contributed by atoms with Crippen molar-refractivity contribution in [2.24, 2.45) is 0 Å². The van der Waals surface area contributed by atoms with Gasteiger partial charge in [-0.3, -0.25) is 0 Å². The van der Waals surface area contributed by atoms with Crippen LogP contribution in [0.25, 0.3) is 10.4 Å². The molecule has 4 rings (SSSR count). The van der Waals surface area contributed by atoms with Crippen LogP contribution in [0.5, 0.6) is 11.6 Å². The van der Waals surface area contributed by atoms with Crippen LogP contribution in [-0.4, -0.2) is 26.7 Å². The van der Waals surface area contributed by atoms with E-state index in [0.717, 1.165) is 5.56 Å². The number of methoxy groups -OCH3 is 1. The van der Waals surface area contributed by atoms with E-state index in [1.165, 1.54) is 30.6 Å². The first-order valence-electron chi connectivity index (χ1n) is 9.71. The Bertz CT molecular complexity index is 1180. The average Bonchev–Trinajstić information content (AvgIpc) is 3.13. The van der Waals surface area contributed by atoms with E-state index < -0.39 is 18.6 Å². The predicted octanol–water partition coefficient (Wildman–Crippen LogP) is 3.86. The molecule has 0 saturated carbocycles. The van der Waals surface area contributed by atoms with E-state index in [1.54, 1.807) is 35.6 Å². The third kappa shape index (κ3) is 3.69. The molecule has 1 atom stereocenters. The zero-order valence-electron chi connectivity index (χ0n) is 17.5. The van der Waals surface area contributed by atoms with Crippen molar-refractivity contribution in [1.82, 2.24) is 0 Å². The lowest BCUT2D eigenvalue weighted by atomic mass is 9.94. The molecule has 0 aliphatic carbocycles. The molecular formula is C23H20F2N2O4S. The molecular weight excluding hydrogens is 438 g/mol. The molecule has 0 N–H and O–H groups in total. The number of allylic oxidation sites excluding steroid dienone is 1. The van der Waals surface area contributed by atoms with Gasteiger partial charge in [0.15, 0.2) is 6.04 Å². The maximum absolute atomic E-state index is 13.6. The summed E-state index contributed by atoms with van der Waals surface area (Å²) in [4.78, 5) is 15.1. The molecule has 2 heterocycles. The molecule has 6 nitrogen and oxygen atoms in total. The maximum Gasteiger partial charge on any atom is 0.387 e. The normalized spacial score (nSPS) is 15.7. The fraction of sp³-hybridized carbons (Fsp3) is 0.217. The summed E-state index contributed by atoms with van der Waals surface area (Å²) in [5.41, 5.74) is 2.27. The summed E-state index contributed by atoms with van der Waals surface area (Å²) in [7, 11) is 3.06. The quantitative estimate of drug-likeness (QED) is 0.429. The monoisotopic (exact) mass is 458 g/mol. The second-order valence-corrected chi connectivity index (χ2v) is 8.13. The molecule has 1 unspecified atom stereocenters. The lowest BCUT2D eigenvalue weighted by Crippen LogP contribution is -2.51. The van der Waals surface area contributed by atoms with Crippen LogP contribution in [0.15, 0.2) is 65.9 Å². The third-order valence-corrected chi connectivity index (χ3v) is 6.65. The molecule has 9 heteroatoms. The van der Waals surface area contributed by atoms with Gasteiger partial charge in [-0.05, 0) is 36.0 Å². The zero-order chi connectivity index (χ0) is 23.0. The molecule has 0 amide bonds. The van der Waals surface area contributed by atoms with E-state index in [0.29, 0.717) is 26.8 Å². The summed E-state index contributed by atoms with van der Waals surface area (Å²) in [6.45, 7) is -1.17. The van der Waals surface area contributed by atoms with Crippen molar-refractivity contribution in [3.05, 3.63) is 71.4 Å². The standard InChI is InChI=1S/C23H20F2N2O4S/c1-13-17(21(29)30-3)18(14-9-11-16(12-10-14)31-22(24)25)27-20(28)19(32-23(27)26(13)2)15-7-5-4-6-8-15/h4-12,18,22H,1-3H3. The molecule has 0 fully saturated rings. The molecule has 1 aromatic heterocycles. The van der Waals surface area contributed by atoms with Crippen LogP contribution in [0, 0.1) is 0 Å². The maximum atomic E-state index is 13.6. The van der Waals surface area contributed by atoms with Gasteiger partial charge in [0, 0.05) is 5.56 Å². The van der Waals surface area contributed by atoms with E-state index in [1.807, 2.05) is 30.3 Å². The second kappa shape index (κ2) is 8.58. The SMILES string of the molecule is COC(=O)C1=C(C)N(C)c2sc(-c3ccccc3)c([O-])[n+]2C1c1ccc(OC(F)F)cc1. The smallest absolute Gasteiger partial charge is 0.387 e. The van der Waals surface area contributed by atoms with Crippen LogP contribution in [0.1, 0.15) is 18.5 Å². The minimum atomic E-state index is -2.95. The van der Waals surface area contributed by atoms with E-state index >= 15 is 0 Å². The van der Waals surface area contributed by atoms with Gasteiger partial charge in [0.1, 0.15) is 17.0 Å². The van der Waals surface area contributed by atoms with Crippen LogP contribution in [-0.2, 0) is 9.53 Å². The lowest BCUT2D eigenvalue weighted by molar-refractivity contribution is -0.728. The highest BCUT2D eigenvalue weighted by atomic mass is 32.1. The van der Waals surface area contributed by atoms with Crippen LogP contribution < -0.4 is 19.3 Å². The van der Waals surface area contributed by atoms with Gasteiger partial charge in [-0.25, -0.2) is 14.3 Å². The van der Waals surface area contributed by atoms with E-state index in [4.69, 9.17) is 4.74 Å². The Hall–Kier alpha value is -3.46. The first-order valence-corrected chi connectivity index (χ1v) is 10.5. The molecule has 32 heavy (non-hydrogen) atoms. The Morgan fingerprint density at radius 1 is 1.16 bits per heavy atom. The minimum Gasteiger partial charge on any atom is -0.841 e. The minimum absolute atomic E-state index is 0.0140. The number of anilines is 1. The van der Waals surface area contributed by atoms with E-state index in [2.05, 4.69) is 4.74 Å². The Kier molecular flexibility index (Phi) is 5.84. The van der Waals surface area contributed by atoms with Gasteiger partial charge in [-0.15, -0.1) is 0 Å². The first-order chi connectivity index (χ1) is 15.3. The molecule has 2 aromatic carbocycles. The van der Waals surface area contributed by atoms with Crippen molar-refractivity contribution in [2.45, 2.75) is 19.6 Å². The number of carbonyl (C=O) groups is 1. The van der Waals surface area contributed by atoms with Crippen molar-refractivity contribution in [3.63, 3.8) is 0 Å². The Balaban J connectivity index is 1.91. The molecule has 166 valence electrons. The third-order valence-electron chi connectivity index (χ3n) is 5.39. The average molecular weight is 458 g/mol. The number of alkyl halides is 2. The molecule has 0 bridgehead atoms. The van der Waals surface area contributed by atoms with Crippen molar-refractivity contribution >= 4 is 22.4 Å². The summed E-state index contributed by atoms with van der Waals surface area (Å²) < 4.78 is 36.1. The Labute approximate surface area is 187 Å². The van der Waals surface area contributed by atoms with Crippen molar-refractivity contribution < 1.29 is 32.7 Å². The number of hydrogen-bond acceptors (Lipinski definition) is 6. The van der Waals surface area contributed by atoms with Crippen molar-refractivity contribution in [3.8, 4) is 22.1 Å². The van der Waals surface area contributed by atoms with Gasteiger partial charge >= 0.3 is 17.7 Å². The van der Waals surface area contributed by atoms with Crippen LogP contribution in [0.4, 0.5) is 13.9 Å². The molecule has 3 aromatic rings. The predicted molar refractivity (Wildman–Crippen MR) is 114 cm³/mol. The summed E-state index contributed by atoms with van der Waals surface area (Å²) >= 11 is 1.32. The molecule has 0 radical (unpaired) electrons. The summed E-state index contributed by atoms with van der Waals surface area (Å²) in [5.74, 6) is -0.841. The van der Waals surface area contributed by atoms with E-state index in [9.17, 15) is 18.7 Å². The number of thiazole rings is 1. The Morgan fingerprint density at radius 3 is 2.41 bits per heavy atom. The van der Waals surface area contributed by atoms with Crippen molar-refractivity contribution in [1.29, 1.82) is 0 Å². The number of halogens is 2. The number of ether oxygens (including phenoxy) is 2. The number of esters is 1. The number of carbonyl (C=O) groups excluding carboxylic acids is 1. The zero-order valence-corrected chi connectivity index (χ0v) is 18.4. The molecule has 1 aliphatic heterocycles. The van der Waals surface area contributed by atoms with Crippen LogP contribution >= 0.6 is 11.3 Å². The second-order valence-electron chi connectivity index (χ2n) is 7.15. The Morgan fingerprint density at radius 2 is 1.81 bits per heavy atom. The van der Waals surface area contributed by atoms with Gasteiger partial charge < -0.3 is 14.6 Å². The molecule has 0 spiro atoms. The topological polar surface area (TPSA) is 65.7 Å². The number of rotatable bonds is 5. The highest BCUT2D eigenvalue weighted by Crippen LogP contribution is 2.43. The van der Waals surface area contributed by atoms with Crippen LogP contribution in [0.2, 0.25) is 0 Å². The van der Waals surface area contributed by atoms with Gasteiger partial charge in [-0.2, -0.15) is 8.78 Å². The summed E-state index contributed by atoms with van der Waals surface area (Å²) in [6.07, 6.45) is 0. The molecule has 0 saturated heterocycles. The van der Waals surface area contributed by atoms with E-state index in [-0.39, 0.29) is 11.6 Å². The highest BCUT2D eigenvalue weighted by Gasteiger charge is 2.43. The fourth-order valence-corrected chi connectivity index (χ4v) is 4.96. The number of aromatic nitrogens is 1. The van der Waals surface area contributed by atoms with Gasteiger partial charge in [0.05, 0.1) is 24.9 Å². The van der Waals surface area contributed by atoms with Crippen LogP contribution in [0.3, 0.4) is 0 Å². The molecule has 1 aliphatic rings. The fourth-order valence-electron chi connectivity index (χ4n) is 3.78. The largest absolute Gasteiger partial charge is 0.841 e. The first kappa shape index (κ1) is 21.8. The number of hydrogen-bond donors (Lipinski definition) is 0. The summed E-state index contributed by atoms with van der Waals surface area (Å²) in [5, 5.41) is 14.2. The number of nitrogens with zero attached hydrogens (tertiary/aromatic N) is 2. The van der Waals surface area contributed by atoms with Crippen molar-refractivity contribution in [2.75, 3.05) is 19.1 Å². The lowest BCUT2D eigenvalue weighted by Gasteiger charge is -2.29. The highest BCUT2D eigenvalue weighted by molar-refractivity contribution is 7.18. The van der Waals surface area contributed by atoms with Gasteiger partial charge in [0.2, 0.25) is 0 Å². The van der Waals surface area contributed by atoms with Gasteiger partial charge in [-0.1, -0.05) is 42.5 Å².